The molecule has 0 aromatic heterocycles. The zero-order valence-electron chi connectivity index (χ0n) is 12.3. The second-order valence-electron chi connectivity index (χ2n) is 5.43. The van der Waals surface area contributed by atoms with Crippen molar-refractivity contribution in [1.82, 2.24) is 5.32 Å². The molecular formula is C18H20ClNO. The Bertz CT molecular complexity index is 622. The lowest BCUT2D eigenvalue weighted by molar-refractivity contribution is 0.352. The maximum Gasteiger partial charge on any atom is 0.127 e. The molecule has 0 aliphatic carbocycles. The second-order valence-corrected chi connectivity index (χ2v) is 5.86. The first kappa shape index (κ1) is 14.4. The predicted molar refractivity (Wildman–Crippen MR) is 87.0 cm³/mol. The van der Waals surface area contributed by atoms with Crippen molar-refractivity contribution >= 4 is 11.6 Å². The summed E-state index contributed by atoms with van der Waals surface area (Å²) in [4.78, 5) is 0. The molecule has 110 valence electrons. The van der Waals surface area contributed by atoms with Crippen molar-refractivity contribution in [3.8, 4) is 5.75 Å². The van der Waals surface area contributed by atoms with Gasteiger partial charge in [0.2, 0.25) is 0 Å². The minimum atomic E-state index is 0.765. The molecule has 0 fully saturated rings. The summed E-state index contributed by atoms with van der Waals surface area (Å²) in [6, 6.07) is 12.8. The number of aryl methyl sites for hydroxylation is 1. The molecule has 0 bridgehead atoms. The standard InChI is InChI=1S/C18H20ClNO/c1-2-13-3-5-14(6-4-13)11-20-12-16-10-17(19)9-15-7-8-21-18(15)16/h3-6,9-10,20H,2,7-8,11-12H2,1H3. The predicted octanol–water partition coefficient (Wildman–Crippen LogP) is 4.13. The third-order valence-corrected chi connectivity index (χ3v) is 4.12. The lowest BCUT2D eigenvalue weighted by Crippen LogP contribution is -2.13. The van der Waals surface area contributed by atoms with Crippen molar-refractivity contribution < 1.29 is 4.74 Å². The van der Waals surface area contributed by atoms with Gasteiger partial charge in [-0.3, -0.25) is 0 Å². The first-order valence-electron chi connectivity index (χ1n) is 7.49. The fourth-order valence-corrected chi connectivity index (χ4v) is 2.98. The summed E-state index contributed by atoms with van der Waals surface area (Å²) >= 11 is 6.17. The number of ether oxygens (including phenoxy) is 1. The Kier molecular flexibility index (Phi) is 4.47. The van der Waals surface area contributed by atoms with E-state index in [0.29, 0.717) is 0 Å². The Hall–Kier alpha value is -1.51. The minimum absolute atomic E-state index is 0.765. The second kappa shape index (κ2) is 6.50. The Morgan fingerprint density at radius 3 is 2.62 bits per heavy atom. The summed E-state index contributed by atoms with van der Waals surface area (Å²) < 4.78 is 5.72. The monoisotopic (exact) mass is 301 g/mol. The summed E-state index contributed by atoms with van der Waals surface area (Å²) in [5.74, 6) is 1.02. The van der Waals surface area contributed by atoms with Gasteiger partial charge in [-0.15, -0.1) is 0 Å². The van der Waals surface area contributed by atoms with Crippen LogP contribution < -0.4 is 10.1 Å². The highest BCUT2D eigenvalue weighted by atomic mass is 35.5. The van der Waals surface area contributed by atoms with Crippen LogP contribution in [0.5, 0.6) is 5.75 Å². The van der Waals surface area contributed by atoms with Gasteiger partial charge in [-0.2, -0.15) is 0 Å². The van der Waals surface area contributed by atoms with Crippen LogP contribution in [0.25, 0.3) is 0 Å². The summed E-state index contributed by atoms with van der Waals surface area (Å²) in [6.45, 7) is 4.57. The molecule has 1 aliphatic heterocycles. The fourth-order valence-electron chi connectivity index (χ4n) is 2.71. The van der Waals surface area contributed by atoms with Crippen LogP contribution in [0, 0.1) is 0 Å². The number of fused-ring (bicyclic) bond motifs is 1. The van der Waals surface area contributed by atoms with Crippen LogP contribution in [-0.4, -0.2) is 6.61 Å². The van der Waals surface area contributed by atoms with E-state index in [-0.39, 0.29) is 0 Å². The number of halogens is 1. The number of hydrogen-bond donors (Lipinski definition) is 1. The number of hydrogen-bond acceptors (Lipinski definition) is 2. The average molecular weight is 302 g/mol. The van der Waals surface area contributed by atoms with Gasteiger partial charge in [0, 0.05) is 30.1 Å². The molecule has 0 saturated carbocycles. The number of benzene rings is 2. The van der Waals surface area contributed by atoms with E-state index in [9.17, 15) is 0 Å². The molecule has 1 aliphatic rings. The molecule has 2 aromatic rings. The van der Waals surface area contributed by atoms with Crippen molar-refractivity contribution in [3.05, 3.63) is 63.7 Å². The van der Waals surface area contributed by atoms with E-state index in [2.05, 4.69) is 36.5 Å². The summed E-state index contributed by atoms with van der Waals surface area (Å²) in [6.07, 6.45) is 2.04. The summed E-state index contributed by atoms with van der Waals surface area (Å²) in [5, 5.41) is 4.27. The van der Waals surface area contributed by atoms with Gasteiger partial charge >= 0.3 is 0 Å². The Morgan fingerprint density at radius 1 is 1.10 bits per heavy atom. The normalized spacial score (nSPS) is 13.0. The molecule has 1 heterocycles. The van der Waals surface area contributed by atoms with Gasteiger partial charge in [0.15, 0.2) is 0 Å². The van der Waals surface area contributed by atoms with Crippen molar-refractivity contribution in [2.75, 3.05) is 6.61 Å². The Morgan fingerprint density at radius 2 is 1.86 bits per heavy atom. The quantitative estimate of drug-likeness (QED) is 0.896. The van der Waals surface area contributed by atoms with Crippen LogP contribution in [0.4, 0.5) is 0 Å². The average Bonchev–Trinajstić information content (AvgIpc) is 2.96. The van der Waals surface area contributed by atoms with Gasteiger partial charge in [-0.25, -0.2) is 0 Å². The Balaban J connectivity index is 1.63. The molecule has 1 N–H and O–H groups in total. The molecule has 0 radical (unpaired) electrons. The molecule has 2 aromatic carbocycles. The molecule has 0 unspecified atom stereocenters. The van der Waals surface area contributed by atoms with E-state index in [1.807, 2.05) is 12.1 Å². The topological polar surface area (TPSA) is 21.3 Å². The van der Waals surface area contributed by atoms with Crippen LogP contribution in [0.2, 0.25) is 5.02 Å². The van der Waals surface area contributed by atoms with E-state index >= 15 is 0 Å². The lowest BCUT2D eigenvalue weighted by Gasteiger charge is -2.10. The highest BCUT2D eigenvalue weighted by Gasteiger charge is 2.17. The molecule has 0 saturated heterocycles. The molecule has 2 nitrogen and oxygen atoms in total. The lowest BCUT2D eigenvalue weighted by atomic mass is 10.1. The van der Waals surface area contributed by atoms with Crippen LogP contribution >= 0.6 is 11.6 Å². The van der Waals surface area contributed by atoms with Gasteiger partial charge < -0.3 is 10.1 Å². The van der Waals surface area contributed by atoms with Gasteiger partial charge in [-0.1, -0.05) is 42.8 Å². The Labute approximate surface area is 131 Å². The third kappa shape index (κ3) is 3.39. The third-order valence-electron chi connectivity index (χ3n) is 3.90. The van der Waals surface area contributed by atoms with Crippen molar-refractivity contribution in [1.29, 1.82) is 0 Å². The van der Waals surface area contributed by atoms with E-state index in [4.69, 9.17) is 16.3 Å². The van der Waals surface area contributed by atoms with Crippen LogP contribution in [0.1, 0.15) is 29.2 Å². The van der Waals surface area contributed by atoms with Crippen LogP contribution in [0.3, 0.4) is 0 Å². The van der Waals surface area contributed by atoms with E-state index in [1.54, 1.807) is 0 Å². The molecule has 0 amide bonds. The highest BCUT2D eigenvalue weighted by molar-refractivity contribution is 6.30. The first-order valence-corrected chi connectivity index (χ1v) is 7.86. The molecule has 0 spiro atoms. The number of nitrogens with one attached hydrogen (secondary N) is 1. The zero-order valence-corrected chi connectivity index (χ0v) is 13.0. The van der Waals surface area contributed by atoms with Crippen molar-refractivity contribution in [2.45, 2.75) is 32.9 Å². The van der Waals surface area contributed by atoms with Gasteiger partial charge in [0.1, 0.15) is 5.75 Å². The SMILES string of the molecule is CCc1ccc(CNCc2cc(Cl)cc3c2OCC3)cc1. The maximum absolute atomic E-state index is 6.17. The minimum Gasteiger partial charge on any atom is -0.493 e. The smallest absolute Gasteiger partial charge is 0.127 e. The van der Waals surface area contributed by atoms with Crippen LogP contribution in [0.15, 0.2) is 36.4 Å². The summed E-state index contributed by atoms with van der Waals surface area (Å²) in [5.41, 5.74) is 5.05. The number of rotatable bonds is 5. The fraction of sp³-hybridized carbons (Fsp3) is 0.333. The van der Waals surface area contributed by atoms with Gasteiger partial charge in [0.05, 0.1) is 6.61 Å². The molecule has 3 heteroatoms. The highest BCUT2D eigenvalue weighted by Crippen LogP contribution is 2.32. The van der Waals surface area contributed by atoms with Gasteiger partial charge in [-0.05, 0) is 35.2 Å². The van der Waals surface area contributed by atoms with E-state index in [0.717, 1.165) is 48.9 Å². The largest absolute Gasteiger partial charge is 0.493 e. The maximum atomic E-state index is 6.17. The first-order chi connectivity index (χ1) is 10.3. The van der Waals surface area contributed by atoms with E-state index in [1.165, 1.54) is 16.7 Å². The molecule has 21 heavy (non-hydrogen) atoms. The molecular weight excluding hydrogens is 282 g/mol. The van der Waals surface area contributed by atoms with Crippen LogP contribution in [-0.2, 0) is 25.9 Å². The summed E-state index contributed by atoms with van der Waals surface area (Å²) in [7, 11) is 0. The van der Waals surface area contributed by atoms with Gasteiger partial charge in [0.25, 0.3) is 0 Å². The van der Waals surface area contributed by atoms with E-state index < -0.39 is 0 Å². The van der Waals surface area contributed by atoms with Crippen molar-refractivity contribution in [3.63, 3.8) is 0 Å². The molecule has 3 rings (SSSR count). The molecule has 0 atom stereocenters. The zero-order chi connectivity index (χ0) is 14.7. The van der Waals surface area contributed by atoms with Crippen molar-refractivity contribution in [2.24, 2.45) is 0 Å².